The van der Waals surface area contributed by atoms with E-state index in [1.54, 1.807) is 19.2 Å². The molecule has 0 unspecified atom stereocenters. The molecular formula is C12H11N3O. The van der Waals surface area contributed by atoms with Gasteiger partial charge in [0, 0.05) is 11.9 Å². The van der Waals surface area contributed by atoms with Crippen molar-refractivity contribution in [2.24, 2.45) is 0 Å². The molecule has 0 heterocycles. The highest BCUT2D eigenvalue weighted by Gasteiger charge is 1.99. The number of anilines is 1. The van der Waals surface area contributed by atoms with E-state index in [0.717, 1.165) is 17.0 Å². The number of hydrogen-bond acceptors (Lipinski definition) is 4. The first-order valence-corrected chi connectivity index (χ1v) is 4.62. The van der Waals surface area contributed by atoms with E-state index in [4.69, 9.17) is 15.3 Å². The van der Waals surface area contributed by atoms with Gasteiger partial charge >= 0.3 is 0 Å². The first kappa shape index (κ1) is 11.6. The molecule has 0 radical (unpaired) electrons. The van der Waals surface area contributed by atoms with Crippen molar-refractivity contribution in [2.45, 2.75) is 6.92 Å². The summed E-state index contributed by atoms with van der Waals surface area (Å²) >= 11 is 0. The lowest BCUT2D eigenvalue weighted by Gasteiger charge is -2.07. The van der Waals surface area contributed by atoms with Crippen LogP contribution in [0.2, 0.25) is 0 Å². The van der Waals surface area contributed by atoms with Crippen molar-refractivity contribution in [3.63, 3.8) is 0 Å². The van der Waals surface area contributed by atoms with E-state index in [0.29, 0.717) is 0 Å². The summed E-state index contributed by atoms with van der Waals surface area (Å²) in [6.45, 7) is 1.91. The number of nitrogens with zero attached hydrogens (tertiary/aromatic N) is 2. The molecule has 0 aliphatic carbocycles. The molecule has 0 amide bonds. The van der Waals surface area contributed by atoms with Crippen LogP contribution in [0.5, 0.6) is 5.75 Å². The normalized spacial score (nSPS) is 8.50. The number of nitrogens with one attached hydrogen (secondary N) is 1. The smallest absolute Gasteiger partial charge is 0.145 e. The van der Waals surface area contributed by atoms with Crippen LogP contribution in [0.1, 0.15) is 5.56 Å². The molecular weight excluding hydrogens is 202 g/mol. The van der Waals surface area contributed by atoms with E-state index in [-0.39, 0.29) is 5.57 Å². The summed E-state index contributed by atoms with van der Waals surface area (Å²) in [7, 11) is 1.60. The molecule has 0 aliphatic rings. The van der Waals surface area contributed by atoms with Gasteiger partial charge in [0.15, 0.2) is 0 Å². The van der Waals surface area contributed by atoms with Gasteiger partial charge in [-0.25, -0.2) is 0 Å². The zero-order valence-electron chi connectivity index (χ0n) is 9.11. The summed E-state index contributed by atoms with van der Waals surface area (Å²) < 4.78 is 5.07. The Labute approximate surface area is 94.4 Å². The van der Waals surface area contributed by atoms with Crippen molar-refractivity contribution in [1.82, 2.24) is 0 Å². The maximum absolute atomic E-state index is 8.55. The Balaban J connectivity index is 2.88. The molecule has 0 fully saturated rings. The molecule has 16 heavy (non-hydrogen) atoms. The largest absolute Gasteiger partial charge is 0.497 e. The van der Waals surface area contributed by atoms with Crippen LogP contribution in [0.3, 0.4) is 0 Å². The molecule has 4 nitrogen and oxygen atoms in total. The second kappa shape index (κ2) is 5.43. The lowest BCUT2D eigenvalue weighted by Crippen LogP contribution is -1.93. The van der Waals surface area contributed by atoms with Crippen LogP contribution in [0.25, 0.3) is 0 Å². The van der Waals surface area contributed by atoms with Crippen LogP contribution >= 0.6 is 0 Å². The van der Waals surface area contributed by atoms with E-state index in [9.17, 15) is 0 Å². The SMILES string of the molecule is COc1ccc(NC=C(C#N)C#N)c(C)c1. The quantitative estimate of drug-likeness (QED) is 0.782. The van der Waals surface area contributed by atoms with Gasteiger partial charge in [-0.05, 0) is 30.7 Å². The predicted molar refractivity (Wildman–Crippen MR) is 60.7 cm³/mol. The number of benzene rings is 1. The van der Waals surface area contributed by atoms with Gasteiger partial charge in [0.25, 0.3) is 0 Å². The fraction of sp³-hybridized carbons (Fsp3) is 0.167. The molecule has 1 rings (SSSR count). The van der Waals surface area contributed by atoms with E-state index >= 15 is 0 Å². The summed E-state index contributed by atoms with van der Waals surface area (Å²) in [6.07, 6.45) is 1.38. The third-order valence-electron chi connectivity index (χ3n) is 2.05. The minimum atomic E-state index is 0.0372. The van der Waals surface area contributed by atoms with Crippen molar-refractivity contribution in [3.8, 4) is 17.9 Å². The minimum absolute atomic E-state index is 0.0372. The maximum Gasteiger partial charge on any atom is 0.145 e. The van der Waals surface area contributed by atoms with Crippen molar-refractivity contribution in [1.29, 1.82) is 10.5 Å². The molecule has 0 spiro atoms. The molecule has 0 aromatic heterocycles. The number of rotatable bonds is 3. The monoisotopic (exact) mass is 213 g/mol. The van der Waals surface area contributed by atoms with Gasteiger partial charge in [0.1, 0.15) is 23.5 Å². The Morgan fingerprint density at radius 2 is 2.06 bits per heavy atom. The number of methoxy groups -OCH3 is 1. The van der Waals surface area contributed by atoms with Gasteiger partial charge < -0.3 is 10.1 Å². The molecule has 4 heteroatoms. The maximum atomic E-state index is 8.55. The summed E-state index contributed by atoms with van der Waals surface area (Å²) in [5.41, 5.74) is 1.85. The molecule has 0 bridgehead atoms. The van der Waals surface area contributed by atoms with Gasteiger partial charge in [-0.2, -0.15) is 10.5 Å². The summed E-state index contributed by atoms with van der Waals surface area (Å²) in [5, 5.41) is 20.0. The van der Waals surface area contributed by atoms with Crippen LogP contribution in [-0.2, 0) is 0 Å². The van der Waals surface area contributed by atoms with E-state index in [1.165, 1.54) is 6.20 Å². The Hall–Kier alpha value is -2.46. The van der Waals surface area contributed by atoms with Gasteiger partial charge in [-0.15, -0.1) is 0 Å². The number of nitriles is 2. The Morgan fingerprint density at radius 1 is 1.38 bits per heavy atom. The van der Waals surface area contributed by atoms with Crippen molar-refractivity contribution < 1.29 is 4.74 Å². The predicted octanol–water partition coefficient (Wildman–Crippen LogP) is 2.35. The molecule has 0 atom stereocenters. The average molecular weight is 213 g/mol. The number of ether oxygens (including phenoxy) is 1. The number of aryl methyl sites for hydroxylation is 1. The van der Waals surface area contributed by atoms with Crippen LogP contribution in [0, 0.1) is 29.6 Å². The lowest BCUT2D eigenvalue weighted by molar-refractivity contribution is 0.414. The van der Waals surface area contributed by atoms with E-state index in [2.05, 4.69) is 5.32 Å². The highest BCUT2D eigenvalue weighted by Crippen LogP contribution is 2.21. The summed E-state index contributed by atoms with van der Waals surface area (Å²) in [5.74, 6) is 0.771. The lowest BCUT2D eigenvalue weighted by atomic mass is 10.2. The second-order valence-corrected chi connectivity index (χ2v) is 3.11. The average Bonchev–Trinajstić information content (AvgIpc) is 2.32. The fourth-order valence-electron chi connectivity index (χ4n) is 1.16. The molecule has 1 aromatic carbocycles. The number of hydrogen-bond donors (Lipinski definition) is 1. The van der Waals surface area contributed by atoms with E-state index in [1.807, 2.05) is 25.1 Å². The standard InChI is InChI=1S/C12H11N3O/c1-9-5-11(16-2)3-4-12(9)15-8-10(6-13)7-14/h3-5,8,15H,1-2H3. The Bertz CT molecular complexity index is 476. The Kier molecular flexibility index (Phi) is 3.94. The first-order valence-electron chi connectivity index (χ1n) is 4.62. The van der Waals surface area contributed by atoms with E-state index < -0.39 is 0 Å². The number of allylic oxidation sites excluding steroid dienone is 1. The first-order chi connectivity index (χ1) is 7.71. The molecule has 1 N–H and O–H groups in total. The molecule has 0 saturated heterocycles. The van der Waals surface area contributed by atoms with Crippen molar-refractivity contribution in [3.05, 3.63) is 35.5 Å². The Morgan fingerprint density at radius 3 is 2.56 bits per heavy atom. The minimum Gasteiger partial charge on any atom is -0.497 e. The van der Waals surface area contributed by atoms with Crippen LogP contribution in [-0.4, -0.2) is 7.11 Å². The van der Waals surface area contributed by atoms with Gasteiger partial charge in [-0.1, -0.05) is 0 Å². The molecule has 0 saturated carbocycles. The van der Waals surface area contributed by atoms with Crippen molar-refractivity contribution >= 4 is 5.69 Å². The summed E-state index contributed by atoms with van der Waals surface area (Å²) in [4.78, 5) is 0. The third-order valence-corrected chi connectivity index (χ3v) is 2.05. The topological polar surface area (TPSA) is 68.8 Å². The zero-order valence-corrected chi connectivity index (χ0v) is 9.11. The van der Waals surface area contributed by atoms with Gasteiger partial charge in [0.2, 0.25) is 0 Å². The highest BCUT2D eigenvalue weighted by molar-refractivity contribution is 5.56. The molecule has 80 valence electrons. The highest BCUT2D eigenvalue weighted by atomic mass is 16.5. The van der Waals surface area contributed by atoms with Crippen molar-refractivity contribution in [2.75, 3.05) is 12.4 Å². The zero-order chi connectivity index (χ0) is 12.0. The summed E-state index contributed by atoms with van der Waals surface area (Å²) in [6, 6.07) is 9.06. The molecule has 1 aromatic rings. The van der Waals surface area contributed by atoms with Crippen LogP contribution < -0.4 is 10.1 Å². The molecule has 0 aliphatic heterocycles. The van der Waals surface area contributed by atoms with Crippen LogP contribution in [0.4, 0.5) is 5.69 Å². The van der Waals surface area contributed by atoms with Crippen LogP contribution in [0.15, 0.2) is 30.0 Å². The second-order valence-electron chi connectivity index (χ2n) is 3.11. The van der Waals surface area contributed by atoms with Gasteiger partial charge in [0.05, 0.1) is 7.11 Å². The fourth-order valence-corrected chi connectivity index (χ4v) is 1.16. The van der Waals surface area contributed by atoms with Gasteiger partial charge in [-0.3, -0.25) is 0 Å². The third kappa shape index (κ3) is 2.76.